The Labute approximate surface area is 81.8 Å². The molecule has 0 aromatic carbocycles. The Morgan fingerprint density at radius 1 is 1.71 bits per heavy atom. The first-order valence-electron chi connectivity index (χ1n) is 4.56. The van der Waals surface area contributed by atoms with Gasteiger partial charge in [0.05, 0.1) is 11.2 Å². The van der Waals surface area contributed by atoms with Crippen LogP contribution in [0.4, 0.5) is 0 Å². The van der Waals surface area contributed by atoms with Crippen LogP contribution in [-0.4, -0.2) is 29.7 Å². The molecular weight excluding hydrogens is 182 g/mol. The van der Waals surface area contributed by atoms with Gasteiger partial charge >= 0.3 is 0 Å². The van der Waals surface area contributed by atoms with E-state index in [0.29, 0.717) is 5.69 Å². The maximum atomic E-state index is 11.6. The monoisotopic (exact) mass is 195 g/mol. The van der Waals surface area contributed by atoms with Crippen LogP contribution in [0.5, 0.6) is 0 Å². The molecule has 1 fully saturated rings. The van der Waals surface area contributed by atoms with Crippen molar-refractivity contribution in [2.45, 2.75) is 19.4 Å². The largest absolute Gasteiger partial charge is 0.351 e. The van der Waals surface area contributed by atoms with E-state index in [1.165, 1.54) is 0 Å². The van der Waals surface area contributed by atoms with Crippen LogP contribution in [0.15, 0.2) is 10.6 Å². The molecule has 0 spiro atoms. The molecule has 1 aliphatic heterocycles. The normalized spacial score (nSPS) is 18.7. The van der Waals surface area contributed by atoms with Crippen LogP contribution in [-0.2, 0) is 0 Å². The number of hydrogen-bond acceptors (Lipinski definition) is 4. The number of nitrogens with zero attached hydrogens (tertiary/aromatic N) is 1. The van der Waals surface area contributed by atoms with Crippen LogP contribution < -0.4 is 10.6 Å². The van der Waals surface area contributed by atoms with E-state index in [1.807, 2.05) is 6.92 Å². The van der Waals surface area contributed by atoms with E-state index in [2.05, 4.69) is 15.8 Å². The Hall–Kier alpha value is -1.36. The smallest absolute Gasteiger partial charge is 0.290 e. The lowest BCUT2D eigenvalue weighted by molar-refractivity contribution is 0.0834. The van der Waals surface area contributed by atoms with Crippen LogP contribution in [0.25, 0.3) is 0 Å². The first-order valence-corrected chi connectivity index (χ1v) is 4.56. The number of aromatic nitrogens is 1. The first-order chi connectivity index (χ1) is 6.59. The molecule has 2 heterocycles. The van der Waals surface area contributed by atoms with Crippen molar-refractivity contribution in [3.8, 4) is 0 Å². The molecule has 0 unspecified atom stereocenters. The maximum Gasteiger partial charge on any atom is 0.290 e. The molecule has 1 amide bonds. The van der Waals surface area contributed by atoms with Crippen LogP contribution in [0.3, 0.4) is 0 Å². The number of hydrogen-bond donors (Lipinski definition) is 2. The van der Waals surface area contributed by atoms with E-state index >= 15 is 0 Å². The molecule has 5 nitrogen and oxygen atoms in total. The summed E-state index contributed by atoms with van der Waals surface area (Å²) >= 11 is 0. The number of carbonyl (C=O) groups is 1. The average molecular weight is 195 g/mol. The molecule has 1 aliphatic rings. The average Bonchev–Trinajstić information content (AvgIpc) is 2.49. The van der Waals surface area contributed by atoms with Crippen LogP contribution >= 0.6 is 0 Å². The second kappa shape index (κ2) is 3.09. The molecule has 5 heteroatoms. The molecule has 76 valence electrons. The van der Waals surface area contributed by atoms with Crippen LogP contribution in [0, 0.1) is 6.92 Å². The molecule has 2 rings (SSSR count). The van der Waals surface area contributed by atoms with Gasteiger partial charge in [-0.1, -0.05) is 5.16 Å². The molecule has 1 aromatic heterocycles. The molecule has 0 aliphatic carbocycles. The summed E-state index contributed by atoms with van der Waals surface area (Å²) in [6.45, 7) is 5.37. The van der Waals surface area contributed by atoms with E-state index in [-0.39, 0.29) is 17.2 Å². The van der Waals surface area contributed by atoms with Gasteiger partial charge in [-0.25, -0.2) is 0 Å². The first kappa shape index (κ1) is 9.21. The topological polar surface area (TPSA) is 67.2 Å². The SMILES string of the molecule is Cc1cc(C(=O)NC2(C)CNC2)on1. The predicted octanol–water partition coefficient (Wildman–Crippen LogP) is 0.0747. The van der Waals surface area contributed by atoms with Crippen molar-refractivity contribution >= 4 is 5.91 Å². The van der Waals surface area contributed by atoms with Crippen molar-refractivity contribution in [2.75, 3.05) is 13.1 Å². The predicted molar refractivity (Wildman–Crippen MR) is 50.0 cm³/mol. The fourth-order valence-corrected chi connectivity index (χ4v) is 1.39. The Bertz CT molecular complexity index is 355. The summed E-state index contributed by atoms with van der Waals surface area (Å²) in [5.41, 5.74) is 0.574. The van der Waals surface area contributed by atoms with E-state index in [4.69, 9.17) is 4.52 Å². The molecule has 0 saturated carbocycles. The summed E-state index contributed by atoms with van der Waals surface area (Å²) in [7, 11) is 0. The molecular formula is C9H13N3O2. The number of rotatable bonds is 2. The molecule has 0 bridgehead atoms. The van der Waals surface area contributed by atoms with Crippen molar-refractivity contribution in [3.63, 3.8) is 0 Å². The van der Waals surface area contributed by atoms with Gasteiger partial charge in [0, 0.05) is 19.2 Å². The zero-order valence-electron chi connectivity index (χ0n) is 8.26. The van der Waals surface area contributed by atoms with Gasteiger partial charge in [0.2, 0.25) is 5.76 Å². The van der Waals surface area contributed by atoms with E-state index in [1.54, 1.807) is 13.0 Å². The van der Waals surface area contributed by atoms with Gasteiger partial charge in [0.15, 0.2) is 0 Å². The van der Waals surface area contributed by atoms with Gasteiger partial charge in [-0.15, -0.1) is 0 Å². The molecule has 1 aromatic rings. The summed E-state index contributed by atoms with van der Waals surface area (Å²) in [6.07, 6.45) is 0. The summed E-state index contributed by atoms with van der Waals surface area (Å²) in [5.74, 6) is 0.0743. The lowest BCUT2D eigenvalue weighted by Crippen LogP contribution is -2.67. The number of amides is 1. The molecule has 2 N–H and O–H groups in total. The second-order valence-corrected chi connectivity index (χ2v) is 3.95. The standard InChI is InChI=1S/C9H13N3O2/c1-6-3-7(14-12-6)8(13)11-9(2)4-10-5-9/h3,10H,4-5H2,1-2H3,(H,11,13). The van der Waals surface area contributed by atoms with Crippen molar-refractivity contribution < 1.29 is 9.32 Å². The fourth-order valence-electron chi connectivity index (χ4n) is 1.39. The fraction of sp³-hybridized carbons (Fsp3) is 0.556. The minimum atomic E-state index is -0.199. The lowest BCUT2D eigenvalue weighted by Gasteiger charge is -2.39. The van der Waals surface area contributed by atoms with Gasteiger partial charge in [-0.3, -0.25) is 4.79 Å². The van der Waals surface area contributed by atoms with E-state index < -0.39 is 0 Å². The Morgan fingerprint density at radius 3 is 2.86 bits per heavy atom. The van der Waals surface area contributed by atoms with Crippen molar-refractivity contribution in [1.29, 1.82) is 0 Å². The lowest BCUT2D eigenvalue weighted by atomic mass is 9.95. The van der Waals surface area contributed by atoms with Crippen molar-refractivity contribution in [3.05, 3.63) is 17.5 Å². The van der Waals surface area contributed by atoms with Crippen LogP contribution in [0.2, 0.25) is 0 Å². The molecule has 0 atom stereocenters. The van der Waals surface area contributed by atoms with Gasteiger partial charge in [-0.2, -0.15) is 0 Å². The zero-order valence-corrected chi connectivity index (χ0v) is 8.26. The Kier molecular flexibility index (Phi) is 2.03. The Morgan fingerprint density at radius 2 is 2.43 bits per heavy atom. The number of aryl methyl sites for hydroxylation is 1. The molecule has 0 radical (unpaired) electrons. The van der Waals surface area contributed by atoms with Gasteiger partial charge < -0.3 is 15.2 Å². The Balaban J connectivity index is 2.02. The van der Waals surface area contributed by atoms with Gasteiger partial charge in [0.25, 0.3) is 5.91 Å². The molecule has 14 heavy (non-hydrogen) atoms. The van der Waals surface area contributed by atoms with Crippen molar-refractivity contribution in [1.82, 2.24) is 15.8 Å². The van der Waals surface area contributed by atoms with E-state index in [9.17, 15) is 4.79 Å². The quantitative estimate of drug-likeness (QED) is 0.701. The maximum absolute atomic E-state index is 11.6. The van der Waals surface area contributed by atoms with Crippen LogP contribution in [0.1, 0.15) is 23.2 Å². The zero-order chi connectivity index (χ0) is 10.2. The van der Waals surface area contributed by atoms with Crippen molar-refractivity contribution in [2.24, 2.45) is 0 Å². The highest BCUT2D eigenvalue weighted by molar-refractivity contribution is 5.92. The number of nitrogens with one attached hydrogen (secondary N) is 2. The van der Waals surface area contributed by atoms with Gasteiger partial charge in [0.1, 0.15) is 0 Å². The highest BCUT2D eigenvalue weighted by Gasteiger charge is 2.34. The number of carbonyl (C=O) groups excluding carboxylic acids is 1. The third kappa shape index (κ3) is 1.63. The third-order valence-electron chi connectivity index (χ3n) is 2.30. The summed E-state index contributed by atoms with van der Waals surface area (Å²) < 4.78 is 4.86. The highest BCUT2D eigenvalue weighted by Crippen LogP contribution is 2.11. The van der Waals surface area contributed by atoms with E-state index in [0.717, 1.165) is 13.1 Å². The minimum absolute atomic E-state index is 0.141. The highest BCUT2D eigenvalue weighted by atomic mass is 16.5. The summed E-state index contributed by atoms with van der Waals surface area (Å²) in [5, 5.41) is 9.65. The van der Waals surface area contributed by atoms with Gasteiger partial charge in [-0.05, 0) is 13.8 Å². The second-order valence-electron chi connectivity index (χ2n) is 3.95. The third-order valence-corrected chi connectivity index (χ3v) is 2.30. The molecule has 1 saturated heterocycles. The summed E-state index contributed by atoms with van der Waals surface area (Å²) in [4.78, 5) is 11.6. The summed E-state index contributed by atoms with van der Waals surface area (Å²) in [6, 6.07) is 1.63. The minimum Gasteiger partial charge on any atom is -0.351 e.